The Labute approximate surface area is 195 Å². The van der Waals surface area contributed by atoms with Crippen molar-refractivity contribution in [2.75, 3.05) is 12.4 Å². The Bertz CT molecular complexity index is 1210. The Morgan fingerprint density at radius 1 is 1.03 bits per heavy atom. The van der Waals surface area contributed by atoms with Gasteiger partial charge in [-0.2, -0.15) is 0 Å². The highest BCUT2D eigenvalue weighted by atomic mass is 35.5. The summed E-state index contributed by atoms with van der Waals surface area (Å²) in [5.41, 5.74) is 2.43. The van der Waals surface area contributed by atoms with Gasteiger partial charge in [-0.1, -0.05) is 59.8 Å². The van der Waals surface area contributed by atoms with Crippen LogP contribution < -0.4 is 10.1 Å². The second kappa shape index (κ2) is 9.89. The summed E-state index contributed by atoms with van der Waals surface area (Å²) in [6.45, 7) is 0. The first-order chi connectivity index (χ1) is 15.5. The highest BCUT2D eigenvalue weighted by Crippen LogP contribution is 2.36. The van der Waals surface area contributed by atoms with Crippen LogP contribution in [-0.2, 0) is 11.8 Å². The Balaban J connectivity index is 1.62. The smallest absolute Gasteiger partial charge is 0.242 e. The van der Waals surface area contributed by atoms with E-state index >= 15 is 0 Å². The summed E-state index contributed by atoms with van der Waals surface area (Å²) in [7, 11) is 3.48. The summed E-state index contributed by atoms with van der Waals surface area (Å²) in [4.78, 5) is 13.3. The summed E-state index contributed by atoms with van der Waals surface area (Å²) in [6.07, 6.45) is 0. The highest BCUT2D eigenvalue weighted by molar-refractivity contribution is 8.00. The second-order valence-corrected chi connectivity index (χ2v) is 8.51. The fourth-order valence-electron chi connectivity index (χ4n) is 3.18. The highest BCUT2D eigenvalue weighted by Gasteiger charge is 2.25. The third kappa shape index (κ3) is 4.95. The molecule has 0 aliphatic carbocycles. The minimum atomic E-state index is -0.525. The van der Waals surface area contributed by atoms with E-state index in [1.807, 2.05) is 84.4 Å². The van der Waals surface area contributed by atoms with Crippen LogP contribution in [0.3, 0.4) is 0 Å². The Morgan fingerprint density at radius 2 is 1.78 bits per heavy atom. The standard InChI is InChI=1S/C24H21ClN4O2S/c1-29-22(17-11-13-18(25)14-12-17)27-28-24(29)32-21(16-7-4-3-5-8-16)23(30)26-19-9-6-10-20(15-19)31-2/h3-15,21H,1-2H3,(H,26,30). The number of rotatable bonds is 7. The number of hydrogen-bond donors (Lipinski definition) is 1. The lowest BCUT2D eigenvalue weighted by Crippen LogP contribution is -2.19. The molecular weight excluding hydrogens is 444 g/mol. The fraction of sp³-hybridized carbons (Fsp3) is 0.125. The Morgan fingerprint density at radius 3 is 2.50 bits per heavy atom. The SMILES string of the molecule is COc1cccc(NC(=O)C(Sc2nnc(-c3ccc(Cl)cc3)n2C)c2ccccc2)c1. The molecule has 1 heterocycles. The van der Waals surface area contributed by atoms with E-state index in [9.17, 15) is 4.79 Å². The van der Waals surface area contributed by atoms with Crippen molar-refractivity contribution in [3.05, 3.63) is 89.4 Å². The summed E-state index contributed by atoms with van der Waals surface area (Å²) in [5.74, 6) is 1.21. The first-order valence-corrected chi connectivity index (χ1v) is 11.1. The lowest BCUT2D eigenvalue weighted by molar-refractivity contribution is -0.115. The van der Waals surface area contributed by atoms with Gasteiger partial charge in [-0.25, -0.2) is 0 Å². The normalized spacial score (nSPS) is 11.7. The van der Waals surface area contributed by atoms with Crippen molar-refractivity contribution in [1.82, 2.24) is 14.8 Å². The van der Waals surface area contributed by atoms with E-state index < -0.39 is 5.25 Å². The molecular formula is C24H21ClN4O2S. The van der Waals surface area contributed by atoms with Gasteiger partial charge in [0.05, 0.1) is 7.11 Å². The van der Waals surface area contributed by atoms with E-state index in [1.165, 1.54) is 11.8 Å². The van der Waals surface area contributed by atoms with E-state index in [-0.39, 0.29) is 5.91 Å². The van der Waals surface area contributed by atoms with Crippen LogP contribution in [0.4, 0.5) is 5.69 Å². The predicted molar refractivity (Wildman–Crippen MR) is 128 cm³/mol. The molecule has 3 aromatic carbocycles. The zero-order valence-electron chi connectivity index (χ0n) is 17.5. The van der Waals surface area contributed by atoms with Crippen molar-refractivity contribution < 1.29 is 9.53 Å². The molecule has 8 heteroatoms. The number of hydrogen-bond acceptors (Lipinski definition) is 5. The summed E-state index contributed by atoms with van der Waals surface area (Å²) < 4.78 is 7.14. The minimum absolute atomic E-state index is 0.162. The number of amides is 1. The molecule has 6 nitrogen and oxygen atoms in total. The minimum Gasteiger partial charge on any atom is -0.497 e. The van der Waals surface area contributed by atoms with Crippen molar-refractivity contribution >= 4 is 35.0 Å². The molecule has 1 unspecified atom stereocenters. The molecule has 0 radical (unpaired) electrons. The molecule has 0 saturated heterocycles. The van der Waals surface area contributed by atoms with E-state index in [4.69, 9.17) is 16.3 Å². The van der Waals surface area contributed by atoms with E-state index in [0.29, 0.717) is 27.4 Å². The molecule has 0 spiro atoms. The molecule has 32 heavy (non-hydrogen) atoms. The summed E-state index contributed by atoms with van der Waals surface area (Å²) in [5, 5.41) is 12.4. The third-order valence-corrected chi connectivity index (χ3v) is 6.38. The van der Waals surface area contributed by atoms with Crippen LogP contribution in [-0.4, -0.2) is 27.8 Å². The van der Waals surface area contributed by atoms with Gasteiger partial charge in [0.1, 0.15) is 11.0 Å². The number of nitrogens with zero attached hydrogens (tertiary/aromatic N) is 3. The number of benzene rings is 3. The monoisotopic (exact) mass is 464 g/mol. The van der Waals surface area contributed by atoms with Crippen LogP contribution in [0.15, 0.2) is 84.0 Å². The van der Waals surface area contributed by atoms with E-state index in [2.05, 4.69) is 15.5 Å². The average Bonchev–Trinajstić information content (AvgIpc) is 3.18. The van der Waals surface area contributed by atoms with Crippen LogP contribution in [0.25, 0.3) is 11.4 Å². The maximum Gasteiger partial charge on any atom is 0.242 e. The van der Waals surface area contributed by atoms with Crippen LogP contribution in [0.5, 0.6) is 5.75 Å². The molecule has 0 aliphatic heterocycles. The molecule has 0 bridgehead atoms. The quantitative estimate of drug-likeness (QED) is 0.360. The van der Waals surface area contributed by atoms with Crippen LogP contribution in [0.2, 0.25) is 5.02 Å². The number of thioether (sulfide) groups is 1. The second-order valence-electron chi connectivity index (χ2n) is 7.00. The average molecular weight is 465 g/mol. The molecule has 1 atom stereocenters. The molecule has 1 amide bonds. The first-order valence-electron chi connectivity index (χ1n) is 9.87. The van der Waals surface area contributed by atoms with Crippen molar-refractivity contribution in [3.8, 4) is 17.1 Å². The molecule has 1 N–H and O–H groups in total. The third-order valence-electron chi connectivity index (χ3n) is 4.84. The van der Waals surface area contributed by atoms with Gasteiger partial charge < -0.3 is 14.6 Å². The number of aromatic nitrogens is 3. The van der Waals surface area contributed by atoms with Crippen LogP contribution in [0.1, 0.15) is 10.8 Å². The van der Waals surface area contributed by atoms with Gasteiger partial charge in [0, 0.05) is 29.4 Å². The van der Waals surface area contributed by atoms with E-state index in [1.54, 1.807) is 13.2 Å². The van der Waals surface area contributed by atoms with Crippen LogP contribution >= 0.6 is 23.4 Å². The Hall–Kier alpha value is -3.29. The lowest BCUT2D eigenvalue weighted by Gasteiger charge is -2.17. The molecule has 0 fully saturated rings. The van der Waals surface area contributed by atoms with Crippen LogP contribution in [0, 0.1) is 0 Å². The number of carbonyl (C=O) groups is 1. The van der Waals surface area contributed by atoms with Gasteiger partial charge in [0.15, 0.2) is 11.0 Å². The maximum atomic E-state index is 13.3. The topological polar surface area (TPSA) is 69.0 Å². The lowest BCUT2D eigenvalue weighted by atomic mass is 10.1. The Kier molecular flexibility index (Phi) is 6.78. The number of halogens is 1. The number of carbonyl (C=O) groups excluding carboxylic acids is 1. The van der Waals surface area contributed by atoms with Gasteiger partial charge in [-0.05, 0) is 42.0 Å². The summed E-state index contributed by atoms with van der Waals surface area (Å²) >= 11 is 7.35. The van der Waals surface area contributed by atoms with Gasteiger partial charge in [0.2, 0.25) is 5.91 Å². The molecule has 4 rings (SSSR count). The van der Waals surface area contributed by atoms with E-state index in [0.717, 1.165) is 11.1 Å². The van der Waals surface area contributed by atoms with Gasteiger partial charge >= 0.3 is 0 Å². The van der Waals surface area contributed by atoms with Crippen molar-refractivity contribution in [2.45, 2.75) is 10.4 Å². The molecule has 0 saturated carbocycles. The van der Waals surface area contributed by atoms with Crippen molar-refractivity contribution in [1.29, 1.82) is 0 Å². The van der Waals surface area contributed by atoms with Gasteiger partial charge in [-0.15, -0.1) is 10.2 Å². The zero-order valence-corrected chi connectivity index (χ0v) is 19.1. The zero-order chi connectivity index (χ0) is 22.5. The summed E-state index contributed by atoms with van der Waals surface area (Å²) in [6, 6.07) is 24.3. The molecule has 4 aromatic rings. The maximum absolute atomic E-state index is 13.3. The van der Waals surface area contributed by atoms with Crippen molar-refractivity contribution in [2.24, 2.45) is 7.05 Å². The number of methoxy groups -OCH3 is 1. The first kappa shape index (κ1) is 21.9. The predicted octanol–water partition coefficient (Wildman–Crippen LogP) is 5.62. The van der Waals surface area contributed by atoms with Crippen molar-refractivity contribution in [3.63, 3.8) is 0 Å². The molecule has 162 valence electrons. The fourth-order valence-corrected chi connectivity index (χ4v) is 4.31. The largest absolute Gasteiger partial charge is 0.497 e. The number of ether oxygens (including phenoxy) is 1. The molecule has 1 aromatic heterocycles. The number of anilines is 1. The van der Waals surface area contributed by atoms with Gasteiger partial charge in [0.25, 0.3) is 0 Å². The molecule has 0 aliphatic rings. The van der Waals surface area contributed by atoms with Gasteiger partial charge in [-0.3, -0.25) is 4.79 Å². The number of nitrogens with one attached hydrogen (secondary N) is 1.